The van der Waals surface area contributed by atoms with Crippen molar-refractivity contribution in [3.05, 3.63) is 23.2 Å². The standard InChI is InChI=1S/C13H23NO/c1-5-7-13(14-8-6-2)12-9-10(3)15-11(12)4/h9,13-14H,5-8H2,1-4H3. The maximum atomic E-state index is 5.58. The van der Waals surface area contributed by atoms with Gasteiger partial charge in [0.1, 0.15) is 11.5 Å². The minimum Gasteiger partial charge on any atom is -0.466 e. The van der Waals surface area contributed by atoms with Gasteiger partial charge in [0.15, 0.2) is 0 Å². The van der Waals surface area contributed by atoms with E-state index in [1.54, 1.807) is 0 Å². The Morgan fingerprint density at radius 2 is 2.00 bits per heavy atom. The van der Waals surface area contributed by atoms with Gasteiger partial charge in [-0.15, -0.1) is 0 Å². The first kappa shape index (κ1) is 12.3. The van der Waals surface area contributed by atoms with Gasteiger partial charge in [-0.2, -0.15) is 0 Å². The molecule has 1 unspecified atom stereocenters. The lowest BCUT2D eigenvalue weighted by Gasteiger charge is -2.17. The summed E-state index contributed by atoms with van der Waals surface area (Å²) in [6.45, 7) is 9.57. The maximum Gasteiger partial charge on any atom is 0.105 e. The molecule has 2 nitrogen and oxygen atoms in total. The van der Waals surface area contributed by atoms with Crippen molar-refractivity contribution in [2.75, 3.05) is 6.54 Å². The van der Waals surface area contributed by atoms with Gasteiger partial charge in [-0.05, 0) is 39.3 Å². The lowest BCUT2D eigenvalue weighted by molar-refractivity contribution is 0.465. The maximum absolute atomic E-state index is 5.58. The second kappa shape index (κ2) is 5.96. The van der Waals surface area contributed by atoms with Crippen molar-refractivity contribution in [1.82, 2.24) is 5.32 Å². The molecule has 15 heavy (non-hydrogen) atoms. The Kier molecular flexibility index (Phi) is 4.89. The number of hydrogen-bond donors (Lipinski definition) is 1. The van der Waals surface area contributed by atoms with Gasteiger partial charge >= 0.3 is 0 Å². The van der Waals surface area contributed by atoms with E-state index >= 15 is 0 Å². The first-order valence-corrected chi connectivity index (χ1v) is 5.99. The Balaban J connectivity index is 2.73. The number of aryl methyl sites for hydroxylation is 2. The third kappa shape index (κ3) is 3.38. The molecule has 0 spiro atoms. The zero-order valence-corrected chi connectivity index (χ0v) is 10.4. The van der Waals surface area contributed by atoms with E-state index in [1.165, 1.54) is 24.8 Å². The average Bonchev–Trinajstić information content (AvgIpc) is 2.52. The van der Waals surface area contributed by atoms with Crippen LogP contribution in [0.2, 0.25) is 0 Å². The van der Waals surface area contributed by atoms with Gasteiger partial charge in [-0.3, -0.25) is 0 Å². The highest BCUT2D eigenvalue weighted by atomic mass is 16.3. The predicted octanol–water partition coefficient (Wildman–Crippen LogP) is 3.74. The van der Waals surface area contributed by atoms with E-state index in [4.69, 9.17) is 4.42 Å². The summed E-state index contributed by atoms with van der Waals surface area (Å²) in [5.41, 5.74) is 1.34. The molecule has 1 rings (SSSR count). The second-order valence-electron chi connectivity index (χ2n) is 4.16. The second-order valence-corrected chi connectivity index (χ2v) is 4.16. The van der Waals surface area contributed by atoms with E-state index in [0.717, 1.165) is 18.1 Å². The van der Waals surface area contributed by atoms with Gasteiger partial charge in [0.2, 0.25) is 0 Å². The van der Waals surface area contributed by atoms with Crippen LogP contribution in [0, 0.1) is 13.8 Å². The fourth-order valence-electron chi connectivity index (χ4n) is 1.97. The van der Waals surface area contributed by atoms with Crippen LogP contribution in [-0.2, 0) is 0 Å². The third-order valence-corrected chi connectivity index (χ3v) is 2.67. The molecular weight excluding hydrogens is 186 g/mol. The lowest BCUT2D eigenvalue weighted by atomic mass is 10.0. The molecule has 1 atom stereocenters. The zero-order valence-electron chi connectivity index (χ0n) is 10.4. The zero-order chi connectivity index (χ0) is 11.3. The van der Waals surface area contributed by atoms with Crippen LogP contribution in [-0.4, -0.2) is 6.54 Å². The van der Waals surface area contributed by atoms with Crippen LogP contribution in [0.15, 0.2) is 10.5 Å². The van der Waals surface area contributed by atoms with Crippen molar-refractivity contribution >= 4 is 0 Å². The molecule has 0 saturated carbocycles. The molecule has 1 aromatic rings. The van der Waals surface area contributed by atoms with E-state index in [9.17, 15) is 0 Å². The Hall–Kier alpha value is -0.760. The predicted molar refractivity (Wildman–Crippen MR) is 64.1 cm³/mol. The molecule has 86 valence electrons. The summed E-state index contributed by atoms with van der Waals surface area (Å²) in [5, 5.41) is 3.58. The molecule has 0 aliphatic carbocycles. The fourth-order valence-corrected chi connectivity index (χ4v) is 1.97. The minimum atomic E-state index is 0.465. The van der Waals surface area contributed by atoms with Crippen molar-refractivity contribution < 1.29 is 4.42 Å². The Morgan fingerprint density at radius 3 is 2.47 bits per heavy atom. The van der Waals surface area contributed by atoms with Crippen LogP contribution < -0.4 is 5.32 Å². The molecule has 0 bridgehead atoms. The van der Waals surface area contributed by atoms with Crippen molar-refractivity contribution in [2.24, 2.45) is 0 Å². The first-order valence-electron chi connectivity index (χ1n) is 5.99. The number of nitrogens with one attached hydrogen (secondary N) is 1. The fraction of sp³-hybridized carbons (Fsp3) is 0.692. The van der Waals surface area contributed by atoms with E-state index in [2.05, 4.69) is 32.2 Å². The average molecular weight is 209 g/mol. The Bertz CT molecular complexity index is 291. The van der Waals surface area contributed by atoms with Crippen molar-refractivity contribution in [2.45, 2.75) is 53.0 Å². The molecule has 0 saturated heterocycles. The van der Waals surface area contributed by atoms with Crippen LogP contribution >= 0.6 is 0 Å². The molecule has 0 amide bonds. The molecule has 2 heteroatoms. The largest absolute Gasteiger partial charge is 0.466 e. The van der Waals surface area contributed by atoms with Gasteiger partial charge in [0, 0.05) is 11.6 Å². The smallest absolute Gasteiger partial charge is 0.105 e. The summed E-state index contributed by atoms with van der Waals surface area (Å²) in [6.07, 6.45) is 3.56. The van der Waals surface area contributed by atoms with Gasteiger partial charge in [0.05, 0.1) is 0 Å². The summed E-state index contributed by atoms with van der Waals surface area (Å²) in [6, 6.07) is 2.63. The summed E-state index contributed by atoms with van der Waals surface area (Å²) in [7, 11) is 0. The molecule has 1 heterocycles. The van der Waals surface area contributed by atoms with Crippen LogP contribution in [0.5, 0.6) is 0 Å². The normalized spacial score (nSPS) is 13.1. The van der Waals surface area contributed by atoms with Crippen LogP contribution in [0.1, 0.15) is 56.2 Å². The molecule has 0 radical (unpaired) electrons. The van der Waals surface area contributed by atoms with Crippen molar-refractivity contribution in [3.63, 3.8) is 0 Å². The number of rotatable bonds is 6. The third-order valence-electron chi connectivity index (χ3n) is 2.67. The Morgan fingerprint density at radius 1 is 1.27 bits per heavy atom. The summed E-state index contributed by atoms with van der Waals surface area (Å²) < 4.78 is 5.58. The van der Waals surface area contributed by atoms with E-state index < -0.39 is 0 Å². The summed E-state index contributed by atoms with van der Waals surface area (Å²) >= 11 is 0. The topological polar surface area (TPSA) is 25.2 Å². The monoisotopic (exact) mass is 209 g/mol. The first-order chi connectivity index (χ1) is 7.19. The summed E-state index contributed by atoms with van der Waals surface area (Å²) in [4.78, 5) is 0. The van der Waals surface area contributed by atoms with Crippen molar-refractivity contribution in [1.29, 1.82) is 0 Å². The van der Waals surface area contributed by atoms with Gasteiger partial charge < -0.3 is 9.73 Å². The molecule has 1 aromatic heterocycles. The van der Waals surface area contributed by atoms with Crippen LogP contribution in [0.3, 0.4) is 0 Å². The molecule has 0 fully saturated rings. The highest BCUT2D eigenvalue weighted by Gasteiger charge is 2.15. The van der Waals surface area contributed by atoms with E-state index in [1.807, 2.05) is 6.92 Å². The SMILES string of the molecule is CCCNC(CCC)c1cc(C)oc1C. The molecule has 0 aliphatic heterocycles. The molecule has 0 aliphatic rings. The molecule has 1 N–H and O–H groups in total. The highest BCUT2D eigenvalue weighted by Crippen LogP contribution is 2.24. The number of furan rings is 1. The Labute approximate surface area is 93.1 Å². The van der Waals surface area contributed by atoms with E-state index in [-0.39, 0.29) is 0 Å². The van der Waals surface area contributed by atoms with Gasteiger partial charge in [-0.25, -0.2) is 0 Å². The quantitative estimate of drug-likeness (QED) is 0.772. The molecule has 0 aromatic carbocycles. The minimum absolute atomic E-state index is 0.465. The van der Waals surface area contributed by atoms with Crippen LogP contribution in [0.4, 0.5) is 0 Å². The van der Waals surface area contributed by atoms with E-state index in [0.29, 0.717) is 6.04 Å². The summed E-state index contributed by atoms with van der Waals surface area (Å²) in [5.74, 6) is 2.08. The molecular formula is C13H23NO. The van der Waals surface area contributed by atoms with Crippen LogP contribution in [0.25, 0.3) is 0 Å². The van der Waals surface area contributed by atoms with Gasteiger partial charge in [0.25, 0.3) is 0 Å². The number of hydrogen-bond acceptors (Lipinski definition) is 2. The highest BCUT2D eigenvalue weighted by molar-refractivity contribution is 5.24. The lowest BCUT2D eigenvalue weighted by Crippen LogP contribution is -2.22. The van der Waals surface area contributed by atoms with Crippen molar-refractivity contribution in [3.8, 4) is 0 Å². The van der Waals surface area contributed by atoms with Gasteiger partial charge in [-0.1, -0.05) is 20.3 Å².